The lowest BCUT2D eigenvalue weighted by Crippen LogP contribution is -2.24. The van der Waals surface area contributed by atoms with Crippen LogP contribution in [0.5, 0.6) is 0 Å². The van der Waals surface area contributed by atoms with E-state index in [1.54, 1.807) is 0 Å². The van der Waals surface area contributed by atoms with Gasteiger partial charge in [0.15, 0.2) is 0 Å². The van der Waals surface area contributed by atoms with Crippen LogP contribution in [0.3, 0.4) is 0 Å². The number of carbonyl (C=O) groups excluding carboxylic acids is 1. The monoisotopic (exact) mass is 226 g/mol. The Morgan fingerprint density at radius 1 is 1.41 bits per heavy atom. The van der Waals surface area contributed by atoms with Gasteiger partial charge in [-0.2, -0.15) is 0 Å². The van der Waals surface area contributed by atoms with Crippen LogP contribution in [0, 0.1) is 5.92 Å². The van der Waals surface area contributed by atoms with Crippen LogP contribution in [0.1, 0.15) is 6.42 Å². The predicted octanol–water partition coefficient (Wildman–Crippen LogP) is 2.71. The van der Waals surface area contributed by atoms with Crippen molar-refractivity contribution in [1.82, 2.24) is 4.98 Å². The summed E-state index contributed by atoms with van der Waals surface area (Å²) in [6.45, 7) is 4.52. The molecule has 1 unspecified atom stereocenters. The Morgan fingerprint density at radius 3 is 3.06 bits per heavy atom. The molecule has 1 saturated heterocycles. The van der Waals surface area contributed by atoms with Gasteiger partial charge >= 0.3 is 0 Å². The first-order chi connectivity index (χ1) is 8.29. The van der Waals surface area contributed by atoms with Crippen molar-refractivity contribution in [3.63, 3.8) is 0 Å². The number of hydrogen-bond acceptors (Lipinski definition) is 1. The number of H-pyrrole nitrogens is 1. The first-order valence-corrected chi connectivity index (χ1v) is 5.78. The molecule has 0 bridgehead atoms. The van der Waals surface area contributed by atoms with Crippen LogP contribution in [0.15, 0.2) is 43.1 Å². The molecule has 0 radical (unpaired) electrons. The van der Waals surface area contributed by atoms with E-state index in [0.717, 1.165) is 23.1 Å². The number of anilines is 1. The molecule has 0 aliphatic carbocycles. The van der Waals surface area contributed by atoms with Crippen molar-refractivity contribution >= 4 is 22.5 Å². The van der Waals surface area contributed by atoms with E-state index in [9.17, 15) is 4.79 Å². The fourth-order valence-corrected chi connectivity index (χ4v) is 2.43. The summed E-state index contributed by atoms with van der Waals surface area (Å²) in [4.78, 5) is 17.0. The molecule has 1 aliphatic rings. The SMILES string of the molecule is C=CC1CC(=O)N(c2cccc3[nH]ccc23)C1. The molecule has 1 atom stereocenters. The second kappa shape index (κ2) is 3.77. The Bertz CT molecular complexity index is 585. The van der Waals surface area contributed by atoms with Gasteiger partial charge in [-0.25, -0.2) is 0 Å². The lowest BCUT2D eigenvalue weighted by molar-refractivity contribution is -0.117. The quantitative estimate of drug-likeness (QED) is 0.785. The zero-order valence-corrected chi connectivity index (χ0v) is 9.52. The molecule has 1 amide bonds. The van der Waals surface area contributed by atoms with Crippen molar-refractivity contribution in [3.05, 3.63) is 43.1 Å². The van der Waals surface area contributed by atoms with Gasteiger partial charge in [0, 0.05) is 36.0 Å². The van der Waals surface area contributed by atoms with Crippen molar-refractivity contribution in [3.8, 4) is 0 Å². The van der Waals surface area contributed by atoms with Gasteiger partial charge in [-0.3, -0.25) is 4.79 Å². The maximum atomic E-state index is 12.0. The highest BCUT2D eigenvalue weighted by molar-refractivity contribution is 6.04. The van der Waals surface area contributed by atoms with Crippen LogP contribution >= 0.6 is 0 Å². The van der Waals surface area contributed by atoms with E-state index in [-0.39, 0.29) is 11.8 Å². The summed E-state index contributed by atoms with van der Waals surface area (Å²) >= 11 is 0. The molecule has 3 heteroatoms. The maximum Gasteiger partial charge on any atom is 0.227 e. The lowest BCUT2D eigenvalue weighted by Gasteiger charge is -2.17. The van der Waals surface area contributed by atoms with Crippen LogP contribution in [-0.4, -0.2) is 17.4 Å². The number of amides is 1. The third-order valence-corrected chi connectivity index (χ3v) is 3.35. The number of carbonyl (C=O) groups is 1. The van der Waals surface area contributed by atoms with Gasteiger partial charge in [0.05, 0.1) is 5.69 Å². The molecule has 17 heavy (non-hydrogen) atoms. The largest absolute Gasteiger partial charge is 0.361 e. The van der Waals surface area contributed by atoms with E-state index < -0.39 is 0 Å². The van der Waals surface area contributed by atoms with Crippen LogP contribution in [0.4, 0.5) is 5.69 Å². The molecule has 1 aliphatic heterocycles. The molecule has 2 heterocycles. The minimum atomic E-state index is 0.184. The zero-order valence-electron chi connectivity index (χ0n) is 9.52. The number of aromatic nitrogens is 1. The average molecular weight is 226 g/mol. The number of fused-ring (bicyclic) bond motifs is 1. The number of rotatable bonds is 2. The second-order valence-corrected chi connectivity index (χ2v) is 4.42. The van der Waals surface area contributed by atoms with Crippen LogP contribution < -0.4 is 4.90 Å². The fourth-order valence-electron chi connectivity index (χ4n) is 2.43. The first kappa shape index (κ1) is 10.1. The van der Waals surface area contributed by atoms with E-state index in [1.807, 2.05) is 41.4 Å². The number of benzene rings is 1. The van der Waals surface area contributed by atoms with E-state index in [4.69, 9.17) is 0 Å². The average Bonchev–Trinajstić information content (AvgIpc) is 2.94. The van der Waals surface area contributed by atoms with Gasteiger partial charge in [0.25, 0.3) is 0 Å². The van der Waals surface area contributed by atoms with Crippen molar-refractivity contribution in [2.24, 2.45) is 5.92 Å². The van der Waals surface area contributed by atoms with E-state index in [0.29, 0.717) is 6.42 Å². The smallest absolute Gasteiger partial charge is 0.227 e. The molecule has 1 fully saturated rings. The Morgan fingerprint density at radius 2 is 2.29 bits per heavy atom. The fraction of sp³-hybridized carbons (Fsp3) is 0.214. The molecule has 2 aromatic rings. The summed E-state index contributed by atoms with van der Waals surface area (Å²) in [6, 6.07) is 8.01. The number of aromatic amines is 1. The molecule has 1 N–H and O–H groups in total. The van der Waals surface area contributed by atoms with Gasteiger partial charge in [0.1, 0.15) is 0 Å². The summed E-state index contributed by atoms with van der Waals surface area (Å²) in [5.74, 6) is 0.459. The first-order valence-electron chi connectivity index (χ1n) is 5.78. The minimum absolute atomic E-state index is 0.184. The summed E-state index contributed by atoms with van der Waals surface area (Å²) in [6.07, 6.45) is 4.35. The van der Waals surface area contributed by atoms with Crippen molar-refractivity contribution in [2.45, 2.75) is 6.42 Å². The molecule has 0 spiro atoms. The zero-order chi connectivity index (χ0) is 11.8. The molecule has 1 aromatic carbocycles. The third kappa shape index (κ3) is 1.55. The van der Waals surface area contributed by atoms with Crippen molar-refractivity contribution < 1.29 is 4.79 Å². The van der Waals surface area contributed by atoms with Crippen LogP contribution in [-0.2, 0) is 4.79 Å². The third-order valence-electron chi connectivity index (χ3n) is 3.35. The highest BCUT2D eigenvalue weighted by Crippen LogP contribution is 2.31. The van der Waals surface area contributed by atoms with Gasteiger partial charge in [-0.1, -0.05) is 12.1 Å². The highest BCUT2D eigenvalue weighted by atomic mass is 16.2. The van der Waals surface area contributed by atoms with Crippen molar-refractivity contribution in [1.29, 1.82) is 0 Å². The molecule has 3 rings (SSSR count). The van der Waals surface area contributed by atoms with Gasteiger partial charge in [-0.15, -0.1) is 6.58 Å². The number of hydrogen-bond donors (Lipinski definition) is 1. The molecule has 86 valence electrons. The Balaban J connectivity index is 2.07. The van der Waals surface area contributed by atoms with Crippen LogP contribution in [0.2, 0.25) is 0 Å². The Kier molecular flexibility index (Phi) is 2.25. The Labute approximate surface area is 99.7 Å². The Hall–Kier alpha value is -2.03. The summed E-state index contributed by atoms with van der Waals surface area (Å²) in [5.41, 5.74) is 2.07. The minimum Gasteiger partial charge on any atom is -0.361 e. The van der Waals surface area contributed by atoms with E-state index in [2.05, 4.69) is 11.6 Å². The topological polar surface area (TPSA) is 36.1 Å². The predicted molar refractivity (Wildman–Crippen MR) is 69.0 cm³/mol. The van der Waals surface area contributed by atoms with Crippen LogP contribution in [0.25, 0.3) is 10.9 Å². The molecular weight excluding hydrogens is 212 g/mol. The van der Waals surface area contributed by atoms with Gasteiger partial charge in [0.2, 0.25) is 5.91 Å². The standard InChI is InChI=1S/C14H14N2O/c1-2-10-8-14(17)16(9-10)13-5-3-4-12-11(13)6-7-15-12/h2-7,10,15H,1,8-9H2. The second-order valence-electron chi connectivity index (χ2n) is 4.42. The van der Waals surface area contributed by atoms with E-state index in [1.165, 1.54) is 0 Å². The van der Waals surface area contributed by atoms with E-state index >= 15 is 0 Å². The van der Waals surface area contributed by atoms with Gasteiger partial charge < -0.3 is 9.88 Å². The van der Waals surface area contributed by atoms with Crippen molar-refractivity contribution in [2.75, 3.05) is 11.4 Å². The number of nitrogens with zero attached hydrogens (tertiary/aromatic N) is 1. The molecular formula is C14H14N2O. The normalized spacial score (nSPS) is 20.1. The summed E-state index contributed by atoms with van der Waals surface area (Å²) in [7, 11) is 0. The maximum absolute atomic E-state index is 12.0. The van der Waals surface area contributed by atoms with Gasteiger partial charge in [-0.05, 0) is 18.2 Å². The highest BCUT2D eigenvalue weighted by Gasteiger charge is 2.29. The summed E-state index contributed by atoms with van der Waals surface area (Å²) in [5, 5.41) is 1.10. The molecule has 0 saturated carbocycles. The molecule has 1 aromatic heterocycles. The molecule has 3 nitrogen and oxygen atoms in total. The number of nitrogens with one attached hydrogen (secondary N) is 1. The lowest BCUT2D eigenvalue weighted by atomic mass is 10.1. The summed E-state index contributed by atoms with van der Waals surface area (Å²) < 4.78 is 0.